The molecule has 0 aromatic heterocycles. The Kier molecular flexibility index (Phi) is 5.25. The number of ether oxygens (including phenoxy) is 1. The molecule has 25 heavy (non-hydrogen) atoms. The van der Waals surface area contributed by atoms with Crippen LogP contribution in [0.5, 0.6) is 5.75 Å². The Hall–Kier alpha value is -1.96. The van der Waals surface area contributed by atoms with E-state index in [9.17, 15) is 0 Å². The Balaban J connectivity index is 1.34. The molecule has 1 aliphatic carbocycles. The van der Waals surface area contributed by atoms with Crippen LogP contribution < -0.4 is 9.64 Å². The van der Waals surface area contributed by atoms with Crippen molar-refractivity contribution in [1.82, 2.24) is 0 Å². The highest BCUT2D eigenvalue weighted by atomic mass is 16.5. The molecule has 0 spiro atoms. The third-order valence-corrected chi connectivity index (χ3v) is 5.76. The lowest BCUT2D eigenvalue weighted by atomic mass is 9.84. The van der Waals surface area contributed by atoms with E-state index in [-0.39, 0.29) is 0 Å². The van der Waals surface area contributed by atoms with Crippen LogP contribution in [0.25, 0.3) is 0 Å². The maximum atomic E-state index is 6.11. The lowest BCUT2D eigenvalue weighted by Gasteiger charge is -2.27. The third-order valence-electron chi connectivity index (χ3n) is 5.76. The fourth-order valence-corrected chi connectivity index (χ4v) is 4.34. The van der Waals surface area contributed by atoms with Crippen LogP contribution >= 0.6 is 0 Å². The maximum Gasteiger partial charge on any atom is 0.120 e. The van der Waals surface area contributed by atoms with Crippen LogP contribution in [0, 0.1) is 6.07 Å². The quantitative estimate of drug-likeness (QED) is 0.707. The van der Waals surface area contributed by atoms with Crippen LogP contribution in [0.4, 0.5) is 5.69 Å². The van der Waals surface area contributed by atoms with E-state index in [1.807, 2.05) is 6.07 Å². The van der Waals surface area contributed by atoms with Crippen LogP contribution in [0.3, 0.4) is 0 Å². The summed E-state index contributed by atoms with van der Waals surface area (Å²) in [5, 5.41) is 0. The minimum absolute atomic E-state index is 0.473. The summed E-state index contributed by atoms with van der Waals surface area (Å²) < 4.78 is 6.11. The largest absolute Gasteiger partial charge is 0.491 e. The molecule has 0 unspecified atom stereocenters. The summed E-state index contributed by atoms with van der Waals surface area (Å²) in [6.07, 6.45) is 9.24. The first-order valence-corrected chi connectivity index (χ1v) is 9.86. The van der Waals surface area contributed by atoms with Gasteiger partial charge >= 0.3 is 0 Å². The molecule has 0 amide bonds. The molecule has 0 bridgehead atoms. The van der Waals surface area contributed by atoms with Gasteiger partial charge in [0.05, 0.1) is 6.04 Å². The van der Waals surface area contributed by atoms with E-state index < -0.39 is 0 Å². The van der Waals surface area contributed by atoms with Crippen molar-refractivity contribution >= 4 is 5.69 Å². The van der Waals surface area contributed by atoms with Gasteiger partial charge in [-0.1, -0.05) is 43.5 Å². The molecular formula is C23H28NO. The van der Waals surface area contributed by atoms with E-state index in [0.29, 0.717) is 12.0 Å². The monoisotopic (exact) mass is 334 g/mol. The van der Waals surface area contributed by atoms with Crippen LogP contribution in [-0.4, -0.2) is 19.2 Å². The Morgan fingerprint density at radius 1 is 0.920 bits per heavy atom. The average Bonchev–Trinajstić information content (AvgIpc) is 3.17. The zero-order valence-corrected chi connectivity index (χ0v) is 15.0. The van der Waals surface area contributed by atoms with Gasteiger partial charge in [0.25, 0.3) is 0 Å². The van der Waals surface area contributed by atoms with Crippen molar-refractivity contribution in [2.75, 3.05) is 18.1 Å². The molecule has 4 rings (SSSR count). The van der Waals surface area contributed by atoms with Crippen molar-refractivity contribution in [3.8, 4) is 5.75 Å². The molecule has 1 aliphatic heterocycles. The van der Waals surface area contributed by atoms with Gasteiger partial charge in [-0.25, -0.2) is 0 Å². The summed E-state index contributed by atoms with van der Waals surface area (Å²) in [5.41, 5.74) is 2.69. The Morgan fingerprint density at radius 2 is 1.76 bits per heavy atom. The van der Waals surface area contributed by atoms with Crippen LogP contribution in [0.1, 0.15) is 56.4 Å². The second kappa shape index (κ2) is 7.95. The first-order chi connectivity index (χ1) is 12.4. The van der Waals surface area contributed by atoms with Gasteiger partial charge in [-0.3, -0.25) is 0 Å². The summed E-state index contributed by atoms with van der Waals surface area (Å²) >= 11 is 0. The summed E-state index contributed by atoms with van der Waals surface area (Å²) in [5.74, 6) is 1.67. The highest BCUT2D eigenvalue weighted by Gasteiger charge is 2.25. The van der Waals surface area contributed by atoms with Gasteiger partial charge in [0.15, 0.2) is 0 Å². The van der Waals surface area contributed by atoms with Gasteiger partial charge in [-0.05, 0) is 67.5 Å². The van der Waals surface area contributed by atoms with E-state index in [2.05, 4.69) is 53.4 Å². The molecule has 0 N–H and O–H groups in total. The molecule has 1 atom stereocenters. The normalized spacial score (nSPS) is 21.4. The van der Waals surface area contributed by atoms with Crippen molar-refractivity contribution < 1.29 is 4.74 Å². The Morgan fingerprint density at radius 3 is 2.52 bits per heavy atom. The summed E-state index contributed by atoms with van der Waals surface area (Å²) in [4.78, 5) is 2.49. The SMILES string of the molecule is [c]1cc(OC[C@@H]2CCCN2c2ccccc2)ccc1C1CCCCC1. The minimum atomic E-state index is 0.473. The molecule has 2 heteroatoms. The fourth-order valence-electron chi connectivity index (χ4n) is 4.34. The van der Waals surface area contributed by atoms with E-state index >= 15 is 0 Å². The number of nitrogens with zero attached hydrogens (tertiary/aromatic N) is 1. The van der Waals surface area contributed by atoms with Crippen LogP contribution in [0.2, 0.25) is 0 Å². The predicted molar refractivity (Wildman–Crippen MR) is 103 cm³/mol. The molecule has 2 aliphatic rings. The molecule has 131 valence electrons. The number of para-hydroxylation sites is 1. The van der Waals surface area contributed by atoms with Gasteiger partial charge in [0.2, 0.25) is 0 Å². The van der Waals surface area contributed by atoms with Gasteiger partial charge in [0, 0.05) is 12.2 Å². The van der Waals surface area contributed by atoms with E-state index in [1.165, 1.54) is 56.2 Å². The molecule has 2 nitrogen and oxygen atoms in total. The smallest absolute Gasteiger partial charge is 0.120 e. The molecule has 2 aromatic carbocycles. The van der Waals surface area contributed by atoms with Crippen molar-refractivity contribution in [3.05, 3.63) is 60.2 Å². The minimum Gasteiger partial charge on any atom is -0.491 e. The third kappa shape index (κ3) is 4.00. The maximum absolute atomic E-state index is 6.11. The number of benzene rings is 2. The number of hydrogen-bond acceptors (Lipinski definition) is 2. The molecule has 1 saturated carbocycles. The molecule has 2 aromatic rings. The van der Waals surface area contributed by atoms with Crippen molar-refractivity contribution in [2.45, 2.75) is 56.9 Å². The first-order valence-electron chi connectivity index (χ1n) is 9.86. The van der Waals surface area contributed by atoms with Gasteiger partial charge in [-0.15, -0.1) is 0 Å². The lowest BCUT2D eigenvalue weighted by molar-refractivity contribution is 0.288. The topological polar surface area (TPSA) is 12.5 Å². The predicted octanol–water partition coefficient (Wildman–Crippen LogP) is 5.58. The van der Waals surface area contributed by atoms with Crippen molar-refractivity contribution in [2.24, 2.45) is 0 Å². The average molecular weight is 334 g/mol. The summed E-state index contributed by atoms with van der Waals surface area (Å²) in [6, 6.07) is 21.1. The van der Waals surface area contributed by atoms with E-state index in [1.54, 1.807) is 0 Å². The van der Waals surface area contributed by atoms with E-state index in [4.69, 9.17) is 4.74 Å². The second-order valence-electron chi connectivity index (χ2n) is 7.45. The number of hydrogen-bond donors (Lipinski definition) is 0. The van der Waals surface area contributed by atoms with E-state index in [0.717, 1.165) is 18.9 Å². The lowest BCUT2D eigenvalue weighted by Crippen LogP contribution is -2.34. The van der Waals surface area contributed by atoms with Crippen molar-refractivity contribution in [3.63, 3.8) is 0 Å². The Bertz CT molecular complexity index is 646. The molecular weight excluding hydrogens is 306 g/mol. The summed E-state index contributed by atoms with van der Waals surface area (Å²) in [6.45, 7) is 1.89. The van der Waals surface area contributed by atoms with Gasteiger partial charge < -0.3 is 9.64 Å². The van der Waals surface area contributed by atoms with Crippen LogP contribution in [0.15, 0.2) is 48.5 Å². The second-order valence-corrected chi connectivity index (χ2v) is 7.45. The number of anilines is 1. The zero-order valence-electron chi connectivity index (χ0n) is 15.0. The molecule has 1 heterocycles. The standard InChI is InChI=1S/C23H28NO/c1-3-8-19(9-4-1)20-13-15-23(16-14-20)25-18-22-12-7-17-24(22)21-10-5-2-6-11-21/h2,5-6,10-11,13,15-16,19,22H,1,3-4,7-9,12,17-18H2/t22-/m0/s1. The van der Waals surface area contributed by atoms with Crippen LogP contribution in [-0.2, 0) is 0 Å². The fraction of sp³-hybridized carbons (Fsp3) is 0.478. The first kappa shape index (κ1) is 16.5. The molecule has 2 fully saturated rings. The molecule has 1 saturated heterocycles. The number of rotatable bonds is 5. The zero-order chi connectivity index (χ0) is 16.9. The highest BCUT2D eigenvalue weighted by Crippen LogP contribution is 2.33. The Labute approximate surface area is 151 Å². The van der Waals surface area contributed by atoms with Crippen molar-refractivity contribution in [1.29, 1.82) is 0 Å². The van der Waals surface area contributed by atoms with Gasteiger partial charge in [0.1, 0.15) is 12.4 Å². The highest BCUT2D eigenvalue weighted by molar-refractivity contribution is 5.48. The molecule has 1 radical (unpaired) electrons. The summed E-state index contributed by atoms with van der Waals surface area (Å²) in [7, 11) is 0. The van der Waals surface area contributed by atoms with Gasteiger partial charge in [-0.2, -0.15) is 0 Å².